The zero-order valence-electron chi connectivity index (χ0n) is 10.7. The number of halogens is 1. The molecular weight excluding hydrogens is 276 g/mol. The first-order valence-corrected chi connectivity index (χ1v) is 7.35. The molecule has 1 aromatic rings. The second kappa shape index (κ2) is 7.65. The molecule has 0 amide bonds. The molecule has 0 saturated heterocycles. The lowest BCUT2D eigenvalue weighted by Gasteiger charge is -2.20. The van der Waals surface area contributed by atoms with Crippen LogP contribution < -0.4 is 0 Å². The van der Waals surface area contributed by atoms with Gasteiger partial charge in [0, 0.05) is 5.56 Å². The Kier molecular flexibility index (Phi) is 6.49. The van der Waals surface area contributed by atoms with Gasteiger partial charge in [0.2, 0.25) is 0 Å². The standard InChI is InChI=1S/C15H21BrO/c1-3-8-12(9-4-2)14(16)15(17)13-10-6-5-7-11-13/h5-7,10-12,14H,3-4,8-9H2,1-2H3. The molecule has 0 fully saturated rings. The van der Waals surface area contributed by atoms with E-state index in [1.807, 2.05) is 30.3 Å². The number of benzene rings is 1. The molecule has 0 aliphatic rings. The van der Waals surface area contributed by atoms with Crippen molar-refractivity contribution in [2.24, 2.45) is 5.92 Å². The van der Waals surface area contributed by atoms with E-state index >= 15 is 0 Å². The topological polar surface area (TPSA) is 17.1 Å². The van der Waals surface area contributed by atoms with Crippen LogP contribution in [0.15, 0.2) is 30.3 Å². The maximum absolute atomic E-state index is 12.3. The number of carbonyl (C=O) groups is 1. The van der Waals surface area contributed by atoms with Crippen molar-refractivity contribution < 1.29 is 4.79 Å². The number of rotatable bonds is 7. The first-order chi connectivity index (χ1) is 8.20. The monoisotopic (exact) mass is 296 g/mol. The predicted molar refractivity (Wildman–Crippen MR) is 76.8 cm³/mol. The van der Waals surface area contributed by atoms with Gasteiger partial charge in [0.1, 0.15) is 0 Å². The van der Waals surface area contributed by atoms with Gasteiger partial charge in [-0.25, -0.2) is 0 Å². The van der Waals surface area contributed by atoms with Crippen molar-refractivity contribution in [1.29, 1.82) is 0 Å². The van der Waals surface area contributed by atoms with Crippen molar-refractivity contribution in [1.82, 2.24) is 0 Å². The van der Waals surface area contributed by atoms with Crippen molar-refractivity contribution in [2.45, 2.75) is 44.4 Å². The first-order valence-electron chi connectivity index (χ1n) is 6.44. The van der Waals surface area contributed by atoms with Crippen LogP contribution in [0.3, 0.4) is 0 Å². The van der Waals surface area contributed by atoms with Crippen molar-refractivity contribution >= 4 is 21.7 Å². The first kappa shape index (κ1) is 14.4. The molecule has 2 heteroatoms. The van der Waals surface area contributed by atoms with Crippen LogP contribution in [0.5, 0.6) is 0 Å². The summed E-state index contributed by atoms with van der Waals surface area (Å²) in [5.74, 6) is 0.676. The number of hydrogen-bond donors (Lipinski definition) is 0. The highest BCUT2D eigenvalue weighted by Crippen LogP contribution is 2.26. The van der Waals surface area contributed by atoms with Crippen molar-refractivity contribution in [3.05, 3.63) is 35.9 Å². The minimum atomic E-state index is -0.0372. The second-order valence-corrected chi connectivity index (χ2v) is 5.46. The van der Waals surface area contributed by atoms with Crippen LogP contribution in [0.25, 0.3) is 0 Å². The molecule has 0 N–H and O–H groups in total. The largest absolute Gasteiger partial charge is 0.293 e. The van der Waals surface area contributed by atoms with Crippen LogP contribution >= 0.6 is 15.9 Å². The molecule has 17 heavy (non-hydrogen) atoms. The Morgan fingerprint density at radius 2 is 1.65 bits per heavy atom. The number of alkyl halides is 1. The highest BCUT2D eigenvalue weighted by atomic mass is 79.9. The van der Waals surface area contributed by atoms with E-state index < -0.39 is 0 Å². The Balaban J connectivity index is 2.73. The average Bonchev–Trinajstić information content (AvgIpc) is 2.38. The van der Waals surface area contributed by atoms with Gasteiger partial charge in [-0.3, -0.25) is 4.79 Å². The summed E-state index contributed by atoms with van der Waals surface area (Å²) in [5, 5.41) is 0. The van der Waals surface area contributed by atoms with Gasteiger partial charge in [-0.2, -0.15) is 0 Å². The van der Waals surface area contributed by atoms with E-state index in [-0.39, 0.29) is 10.6 Å². The molecule has 0 aliphatic heterocycles. The highest BCUT2D eigenvalue weighted by Gasteiger charge is 2.25. The number of ketones is 1. The number of Topliss-reactive ketones (excluding diaryl/α,β-unsaturated/α-hetero) is 1. The zero-order chi connectivity index (χ0) is 12.7. The van der Waals surface area contributed by atoms with Gasteiger partial charge in [0.15, 0.2) is 5.78 Å². The molecule has 94 valence electrons. The van der Waals surface area contributed by atoms with Crippen molar-refractivity contribution in [2.75, 3.05) is 0 Å². The Hall–Kier alpha value is -0.630. The van der Waals surface area contributed by atoms with Gasteiger partial charge in [-0.1, -0.05) is 73.0 Å². The third-order valence-electron chi connectivity index (χ3n) is 3.04. The molecular formula is C15H21BrO. The lowest BCUT2D eigenvalue weighted by molar-refractivity contribution is 0.0967. The summed E-state index contributed by atoms with van der Waals surface area (Å²) in [4.78, 5) is 12.3. The summed E-state index contributed by atoms with van der Waals surface area (Å²) in [5.41, 5.74) is 0.812. The summed E-state index contributed by atoms with van der Waals surface area (Å²) < 4.78 is 0. The van der Waals surface area contributed by atoms with Crippen LogP contribution in [0, 0.1) is 5.92 Å². The lowest BCUT2D eigenvalue weighted by Crippen LogP contribution is -2.24. The lowest BCUT2D eigenvalue weighted by atomic mass is 9.90. The summed E-state index contributed by atoms with van der Waals surface area (Å²) in [7, 11) is 0. The quantitative estimate of drug-likeness (QED) is 0.519. The Labute approximate surface area is 113 Å². The van der Waals surface area contributed by atoms with Gasteiger partial charge in [0.25, 0.3) is 0 Å². The number of carbonyl (C=O) groups excluding carboxylic acids is 1. The zero-order valence-corrected chi connectivity index (χ0v) is 12.2. The fourth-order valence-corrected chi connectivity index (χ4v) is 2.95. The minimum Gasteiger partial charge on any atom is -0.293 e. The molecule has 0 aromatic heterocycles. The molecule has 1 rings (SSSR count). The summed E-state index contributed by atoms with van der Waals surface area (Å²) in [6.07, 6.45) is 4.49. The van der Waals surface area contributed by atoms with Gasteiger partial charge in [0.05, 0.1) is 4.83 Å². The maximum atomic E-state index is 12.3. The van der Waals surface area contributed by atoms with Gasteiger partial charge >= 0.3 is 0 Å². The molecule has 0 heterocycles. The van der Waals surface area contributed by atoms with Crippen LogP contribution in [-0.2, 0) is 0 Å². The van der Waals surface area contributed by atoms with Gasteiger partial charge < -0.3 is 0 Å². The van der Waals surface area contributed by atoms with E-state index in [9.17, 15) is 4.79 Å². The fraction of sp³-hybridized carbons (Fsp3) is 0.533. The summed E-state index contributed by atoms with van der Waals surface area (Å²) >= 11 is 3.60. The molecule has 0 saturated carbocycles. The summed E-state index contributed by atoms with van der Waals surface area (Å²) in [6.45, 7) is 4.35. The normalized spacial score (nSPS) is 12.7. The number of hydrogen-bond acceptors (Lipinski definition) is 1. The molecule has 0 bridgehead atoms. The SMILES string of the molecule is CCCC(CCC)C(Br)C(=O)c1ccccc1. The third kappa shape index (κ3) is 4.27. The van der Waals surface area contributed by atoms with E-state index in [0.717, 1.165) is 31.2 Å². The van der Waals surface area contributed by atoms with E-state index in [2.05, 4.69) is 29.8 Å². The van der Waals surface area contributed by atoms with Crippen LogP contribution in [-0.4, -0.2) is 10.6 Å². The van der Waals surface area contributed by atoms with Crippen molar-refractivity contribution in [3.63, 3.8) is 0 Å². The molecule has 1 aromatic carbocycles. The molecule has 1 nitrogen and oxygen atoms in total. The Morgan fingerprint density at radius 3 is 2.12 bits per heavy atom. The minimum absolute atomic E-state index is 0.0372. The van der Waals surface area contributed by atoms with Crippen LogP contribution in [0.1, 0.15) is 49.9 Å². The summed E-state index contributed by atoms with van der Waals surface area (Å²) in [6, 6.07) is 9.57. The Morgan fingerprint density at radius 1 is 1.12 bits per heavy atom. The van der Waals surface area contributed by atoms with E-state index in [1.54, 1.807) is 0 Å². The third-order valence-corrected chi connectivity index (χ3v) is 4.21. The van der Waals surface area contributed by atoms with Crippen LogP contribution in [0.2, 0.25) is 0 Å². The maximum Gasteiger partial charge on any atom is 0.176 e. The predicted octanol–water partition coefficient (Wildman–Crippen LogP) is 4.85. The van der Waals surface area contributed by atoms with Crippen molar-refractivity contribution in [3.8, 4) is 0 Å². The van der Waals surface area contributed by atoms with E-state index in [0.29, 0.717) is 5.92 Å². The smallest absolute Gasteiger partial charge is 0.176 e. The van der Waals surface area contributed by atoms with E-state index in [4.69, 9.17) is 0 Å². The average molecular weight is 297 g/mol. The molecule has 0 aliphatic carbocycles. The molecule has 0 spiro atoms. The Bertz CT molecular complexity index is 328. The van der Waals surface area contributed by atoms with E-state index in [1.165, 1.54) is 0 Å². The molecule has 0 radical (unpaired) electrons. The highest BCUT2D eigenvalue weighted by molar-refractivity contribution is 9.10. The van der Waals surface area contributed by atoms with Crippen LogP contribution in [0.4, 0.5) is 0 Å². The van der Waals surface area contributed by atoms with Gasteiger partial charge in [-0.15, -0.1) is 0 Å². The molecule has 1 atom stereocenters. The fourth-order valence-electron chi connectivity index (χ4n) is 2.15. The molecule has 1 unspecified atom stereocenters. The van der Waals surface area contributed by atoms with Gasteiger partial charge in [-0.05, 0) is 18.8 Å². The second-order valence-electron chi connectivity index (χ2n) is 4.47.